The molecule has 0 radical (unpaired) electrons. The van der Waals surface area contributed by atoms with Crippen LogP contribution in [0.2, 0.25) is 5.02 Å². The number of aromatic amines is 2. The molecule has 0 fully saturated rings. The van der Waals surface area contributed by atoms with Gasteiger partial charge in [-0.2, -0.15) is 0 Å². The molecular weight excluding hydrogens is 280 g/mol. The molecule has 5 nitrogen and oxygen atoms in total. The first-order valence-electron chi connectivity index (χ1n) is 6.11. The number of hydrogen-bond acceptors (Lipinski definition) is 3. The fourth-order valence-corrected chi connectivity index (χ4v) is 2.48. The lowest BCUT2D eigenvalue weighted by Crippen LogP contribution is -2.04. The largest absolute Gasteiger partial charge is 0.462 e. The van der Waals surface area contributed by atoms with Gasteiger partial charge in [-0.05, 0) is 19.1 Å². The minimum absolute atomic E-state index is 0.252. The first-order chi connectivity index (χ1) is 9.61. The van der Waals surface area contributed by atoms with Gasteiger partial charge in [-0.25, -0.2) is 4.79 Å². The van der Waals surface area contributed by atoms with Gasteiger partial charge in [0, 0.05) is 22.5 Å². The molecule has 6 heteroatoms. The second-order valence-corrected chi connectivity index (χ2v) is 4.73. The molecule has 0 amide bonds. The number of H-pyrrole nitrogens is 2. The molecule has 2 N–H and O–H groups in total. The monoisotopic (exact) mass is 290 g/mol. The number of carbonyl (C=O) groups excluding carboxylic acids is 1. The van der Waals surface area contributed by atoms with Crippen molar-refractivity contribution in [1.29, 1.82) is 0 Å². The van der Waals surface area contributed by atoms with E-state index in [1.807, 2.05) is 0 Å². The molecule has 2 aromatic heterocycles. The Kier molecular flexibility index (Phi) is 2.99. The molecule has 20 heavy (non-hydrogen) atoms. The van der Waals surface area contributed by atoms with Crippen LogP contribution in [0.3, 0.4) is 0 Å². The molecule has 0 saturated carbocycles. The number of ether oxygens (including phenoxy) is 1. The van der Waals surface area contributed by atoms with E-state index in [-0.39, 0.29) is 5.56 Å². The predicted octanol–water partition coefficient (Wildman–Crippen LogP) is 2.84. The number of carbonyl (C=O) groups is 1. The van der Waals surface area contributed by atoms with Crippen molar-refractivity contribution < 1.29 is 9.53 Å². The van der Waals surface area contributed by atoms with Gasteiger partial charge in [0.05, 0.1) is 17.2 Å². The molecule has 0 aliphatic heterocycles. The molecule has 0 spiro atoms. The Morgan fingerprint density at radius 2 is 2.20 bits per heavy atom. The van der Waals surface area contributed by atoms with Gasteiger partial charge in [0.1, 0.15) is 5.52 Å². The molecule has 0 saturated heterocycles. The Morgan fingerprint density at radius 1 is 1.40 bits per heavy atom. The SMILES string of the molecule is CCOC(=O)c1ccc2c(c1)[nH]c1c(=O)[nH]cc(Cl)c12. The molecular formula is C14H11ClN2O3. The van der Waals surface area contributed by atoms with Crippen molar-refractivity contribution in [2.75, 3.05) is 6.61 Å². The maximum absolute atomic E-state index is 11.8. The van der Waals surface area contributed by atoms with Gasteiger partial charge in [-0.15, -0.1) is 0 Å². The summed E-state index contributed by atoms with van der Waals surface area (Å²) in [4.78, 5) is 29.0. The van der Waals surface area contributed by atoms with Crippen LogP contribution in [0.4, 0.5) is 0 Å². The summed E-state index contributed by atoms with van der Waals surface area (Å²) in [5.41, 5.74) is 1.24. The van der Waals surface area contributed by atoms with Crippen molar-refractivity contribution in [3.63, 3.8) is 0 Å². The Hall–Kier alpha value is -2.27. The van der Waals surface area contributed by atoms with E-state index in [2.05, 4.69) is 9.97 Å². The van der Waals surface area contributed by atoms with Gasteiger partial charge in [0.15, 0.2) is 0 Å². The van der Waals surface area contributed by atoms with Crippen molar-refractivity contribution >= 4 is 39.4 Å². The summed E-state index contributed by atoms with van der Waals surface area (Å²) in [7, 11) is 0. The zero-order chi connectivity index (χ0) is 14.3. The van der Waals surface area contributed by atoms with Gasteiger partial charge in [-0.1, -0.05) is 17.7 Å². The Morgan fingerprint density at radius 3 is 2.95 bits per heavy atom. The van der Waals surface area contributed by atoms with Gasteiger partial charge in [0.25, 0.3) is 5.56 Å². The number of benzene rings is 1. The van der Waals surface area contributed by atoms with Crippen LogP contribution < -0.4 is 5.56 Å². The number of pyridine rings is 1. The summed E-state index contributed by atoms with van der Waals surface area (Å²) in [6, 6.07) is 5.07. The van der Waals surface area contributed by atoms with E-state index in [0.717, 1.165) is 5.39 Å². The average Bonchev–Trinajstić information content (AvgIpc) is 2.83. The molecule has 3 rings (SSSR count). The maximum Gasteiger partial charge on any atom is 0.338 e. The van der Waals surface area contributed by atoms with E-state index in [9.17, 15) is 9.59 Å². The summed E-state index contributed by atoms with van der Waals surface area (Å²) in [6.45, 7) is 2.06. The minimum atomic E-state index is -0.395. The molecule has 3 aromatic rings. The zero-order valence-corrected chi connectivity index (χ0v) is 11.4. The Labute approximate surface area is 118 Å². The number of rotatable bonds is 2. The highest BCUT2D eigenvalue weighted by Gasteiger charge is 2.13. The highest BCUT2D eigenvalue weighted by atomic mass is 35.5. The van der Waals surface area contributed by atoms with Crippen molar-refractivity contribution in [3.8, 4) is 0 Å². The number of aromatic nitrogens is 2. The van der Waals surface area contributed by atoms with Gasteiger partial charge < -0.3 is 14.7 Å². The fourth-order valence-electron chi connectivity index (χ4n) is 2.23. The standard InChI is InChI=1S/C14H11ClN2O3/c1-2-20-14(19)7-3-4-8-10(5-7)17-12-11(8)9(15)6-16-13(12)18/h3-6,17H,2H2,1H3,(H,16,18). The molecule has 2 heterocycles. The van der Waals surface area contributed by atoms with Crippen molar-refractivity contribution in [3.05, 3.63) is 45.3 Å². The van der Waals surface area contributed by atoms with Gasteiger partial charge in [0.2, 0.25) is 0 Å². The molecule has 0 bridgehead atoms. The van der Waals surface area contributed by atoms with Gasteiger partial charge >= 0.3 is 5.97 Å². The van der Waals surface area contributed by atoms with E-state index in [4.69, 9.17) is 16.3 Å². The molecule has 0 unspecified atom stereocenters. The smallest absolute Gasteiger partial charge is 0.338 e. The first kappa shape index (κ1) is 12.7. The van der Waals surface area contributed by atoms with Crippen LogP contribution in [-0.2, 0) is 4.74 Å². The van der Waals surface area contributed by atoms with Crippen molar-refractivity contribution in [2.24, 2.45) is 0 Å². The van der Waals surface area contributed by atoms with E-state index >= 15 is 0 Å². The third-order valence-electron chi connectivity index (χ3n) is 3.11. The third kappa shape index (κ3) is 1.87. The van der Waals surface area contributed by atoms with E-state index < -0.39 is 5.97 Å². The highest BCUT2D eigenvalue weighted by Crippen LogP contribution is 2.29. The van der Waals surface area contributed by atoms with Crippen LogP contribution in [0.15, 0.2) is 29.2 Å². The zero-order valence-electron chi connectivity index (χ0n) is 10.6. The van der Waals surface area contributed by atoms with Crippen LogP contribution in [0, 0.1) is 0 Å². The number of nitrogens with one attached hydrogen (secondary N) is 2. The van der Waals surface area contributed by atoms with E-state index in [1.54, 1.807) is 25.1 Å². The van der Waals surface area contributed by atoms with Crippen LogP contribution in [-0.4, -0.2) is 22.5 Å². The first-order valence-corrected chi connectivity index (χ1v) is 6.49. The van der Waals surface area contributed by atoms with Crippen LogP contribution in [0.5, 0.6) is 0 Å². The third-order valence-corrected chi connectivity index (χ3v) is 3.40. The summed E-state index contributed by atoms with van der Waals surface area (Å²) in [5, 5.41) is 1.90. The molecule has 0 aliphatic carbocycles. The second kappa shape index (κ2) is 4.68. The topological polar surface area (TPSA) is 75.0 Å². The van der Waals surface area contributed by atoms with Crippen LogP contribution >= 0.6 is 11.6 Å². The number of hydrogen-bond donors (Lipinski definition) is 2. The van der Waals surface area contributed by atoms with Crippen molar-refractivity contribution in [1.82, 2.24) is 9.97 Å². The van der Waals surface area contributed by atoms with E-state index in [1.165, 1.54) is 6.20 Å². The van der Waals surface area contributed by atoms with Crippen LogP contribution in [0.1, 0.15) is 17.3 Å². The second-order valence-electron chi connectivity index (χ2n) is 4.32. The minimum Gasteiger partial charge on any atom is -0.462 e. The molecule has 1 aromatic carbocycles. The number of esters is 1. The molecule has 102 valence electrons. The quantitative estimate of drug-likeness (QED) is 0.713. The summed E-state index contributed by atoms with van der Waals surface area (Å²) >= 11 is 6.12. The molecule has 0 atom stereocenters. The average molecular weight is 291 g/mol. The maximum atomic E-state index is 11.8. The predicted molar refractivity (Wildman–Crippen MR) is 77.4 cm³/mol. The lowest BCUT2D eigenvalue weighted by Gasteiger charge is -2.01. The van der Waals surface area contributed by atoms with Crippen molar-refractivity contribution in [2.45, 2.75) is 6.92 Å². The number of fused-ring (bicyclic) bond motifs is 3. The lowest BCUT2D eigenvalue weighted by molar-refractivity contribution is 0.0526. The lowest BCUT2D eigenvalue weighted by atomic mass is 10.1. The fraction of sp³-hybridized carbons (Fsp3) is 0.143. The Bertz CT molecular complexity index is 879. The summed E-state index contributed by atoms with van der Waals surface area (Å²) < 4.78 is 4.95. The Balaban J connectivity index is 2.29. The highest BCUT2D eigenvalue weighted by molar-refractivity contribution is 6.37. The summed E-state index contributed by atoms with van der Waals surface area (Å²) in [5.74, 6) is -0.395. The summed E-state index contributed by atoms with van der Waals surface area (Å²) in [6.07, 6.45) is 1.46. The molecule has 0 aliphatic rings. The van der Waals surface area contributed by atoms with Crippen LogP contribution in [0.25, 0.3) is 21.8 Å². The van der Waals surface area contributed by atoms with Gasteiger partial charge in [-0.3, -0.25) is 4.79 Å². The number of halogens is 1. The van der Waals surface area contributed by atoms with E-state index in [0.29, 0.717) is 33.6 Å². The normalized spacial score (nSPS) is 11.1.